The predicted octanol–water partition coefficient (Wildman–Crippen LogP) is 6.06. The highest BCUT2D eigenvalue weighted by molar-refractivity contribution is 7.22. The van der Waals surface area contributed by atoms with Gasteiger partial charge in [-0.1, -0.05) is 24.3 Å². The fraction of sp³-hybridized carbons (Fsp3) is 0.130. The summed E-state index contributed by atoms with van der Waals surface area (Å²) in [6.45, 7) is 0. The Morgan fingerprint density at radius 3 is 2.93 bits per heavy atom. The first-order chi connectivity index (χ1) is 13.8. The lowest BCUT2D eigenvalue weighted by molar-refractivity contribution is 0.921. The Bertz CT molecular complexity index is 1350. The molecule has 2 aliphatic heterocycles. The summed E-state index contributed by atoms with van der Waals surface area (Å²) >= 11 is 3.48. The highest BCUT2D eigenvalue weighted by Gasteiger charge is 2.53. The van der Waals surface area contributed by atoms with Crippen LogP contribution in [0, 0.1) is 0 Å². The summed E-state index contributed by atoms with van der Waals surface area (Å²) in [5.74, 6) is 0. The van der Waals surface area contributed by atoms with E-state index in [-0.39, 0.29) is 0 Å². The van der Waals surface area contributed by atoms with Gasteiger partial charge >= 0.3 is 0 Å². The van der Waals surface area contributed by atoms with E-state index in [0.29, 0.717) is 12.1 Å². The predicted molar refractivity (Wildman–Crippen MR) is 117 cm³/mol. The zero-order valence-corrected chi connectivity index (χ0v) is 16.5. The Hall–Kier alpha value is -2.76. The maximum atomic E-state index is 4.59. The van der Waals surface area contributed by atoms with Gasteiger partial charge in [0.1, 0.15) is 10.3 Å². The minimum absolute atomic E-state index is 0.460. The second kappa shape index (κ2) is 5.40. The zero-order chi connectivity index (χ0) is 18.2. The van der Waals surface area contributed by atoms with Gasteiger partial charge in [-0.05, 0) is 58.8 Å². The summed E-state index contributed by atoms with van der Waals surface area (Å²) in [5.41, 5.74) is 8.39. The van der Waals surface area contributed by atoms with Crippen LogP contribution in [-0.4, -0.2) is 16.0 Å². The SMILES string of the molecule is c1ccc2sc(-c3ccc4c(c3)CC3C(c5cnc6scnc6c5)N43)cc2c1. The van der Waals surface area contributed by atoms with Crippen molar-refractivity contribution in [2.24, 2.45) is 0 Å². The number of hydrogen-bond donors (Lipinski definition) is 0. The van der Waals surface area contributed by atoms with Gasteiger partial charge in [-0.25, -0.2) is 9.97 Å². The highest BCUT2D eigenvalue weighted by atomic mass is 32.1. The van der Waals surface area contributed by atoms with Gasteiger partial charge in [0, 0.05) is 21.5 Å². The molecule has 5 heteroatoms. The van der Waals surface area contributed by atoms with Crippen molar-refractivity contribution in [2.45, 2.75) is 18.5 Å². The molecule has 5 heterocycles. The van der Waals surface area contributed by atoms with Crippen molar-refractivity contribution in [1.29, 1.82) is 0 Å². The van der Waals surface area contributed by atoms with Gasteiger partial charge in [-0.15, -0.1) is 22.7 Å². The van der Waals surface area contributed by atoms with Crippen molar-refractivity contribution in [3.05, 3.63) is 77.4 Å². The molecule has 0 bridgehead atoms. The van der Waals surface area contributed by atoms with Crippen LogP contribution >= 0.6 is 22.7 Å². The molecule has 2 unspecified atom stereocenters. The number of thiazole rings is 1. The first-order valence-electron chi connectivity index (χ1n) is 9.44. The molecule has 28 heavy (non-hydrogen) atoms. The molecule has 7 rings (SSSR count). The number of fused-ring (bicyclic) bond motifs is 5. The number of aromatic nitrogens is 2. The Morgan fingerprint density at radius 2 is 1.96 bits per heavy atom. The van der Waals surface area contributed by atoms with Crippen molar-refractivity contribution >= 4 is 48.8 Å². The standard InChI is InChI=1S/C23H15N3S2/c1-2-4-20-13(3-1)10-21(28-20)14-5-6-18-15(7-14)9-19-22(26(18)19)16-8-17-23(24-11-16)27-12-25-17/h1-8,10-12,19,22H,9H2. The highest BCUT2D eigenvalue weighted by Crippen LogP contribution is 2.55. The van der Waals surface area contributed by atoms with Crippen LogP contribution in [-0.2, 0) is 6.42 Å². The molecule has 2 aromatic carbocycles. The van der Waals surface area contributed by atoms with Gasteiger partial charge in [-0.3, -0.25) is 0 Å². The monoisotopic (exact) mass is 397 g/mol. The molecule has 2 atom stereocenters. The Balaban J connectivity index is 1.23. The van der Waals surface area contributed by atoms with Crippen molar-refractivity contribution in [3.8, 4) is 10.4 Å². The molecule has 0 aliphatic carbocycles. The lowest BCUT2D eigenvalue weighted by Crippen LogP contribution is -1.97. The number of anilines is 1. The van der Waals surface area contributed by atoms with Crippen molar-refractivity contribution in [1.82, 2.24) is 9.97 Å². The molecule has 0 amide bonds. The van der Waals surface area contributed by atoms with E-state index >= 15 is 0 Å². The van der Waals surface area contributed by atoms with Crippen molar-refractivity contribution in [2.75, 3.05) is 4.90 Å². The quantitative estimate of drug-likeness (QED) is 0.339. The topological polar surface area (TPSA) is 28.8 Å². The van der Waals surface area contributed by atoms with Crippen LogP contribution in [0.25, 0.3) is 30.9 Å². The van der Waals surface area contributed by atoms with Crippen molar-refractivity contribution < 1.29 is 0 Å². The molecule has 3 aromatic heterocycles. The number of hydrogen-bond acceptors (Lipinski definition) is 5. The van der Waals surface area contributed by atoms with Gasteiger partial charge in [0.2, 0.25) is 0 Å². The van der Waals surface area contributed by atoms with Gasteiger partial charge < -0.3 is 4.90 Å². The molecule has 5 aromatic rings. The molecule has 134 valence electrons. The molecule has 0 spiro atoms. The van der Waals surface area contributed by atoms with Crippen LogP contribution < -0.4 is 4.90 Å². The molecule has 3 nitrogen and oxygen atoms in total. The fourth-order valence-corrected chi connectivity index (χ4v) is 6.31. The first-order valence-corrected chi connectivity index (χ1v) is 11.1. The van der Waals surface area contributed by atoms with E-state index in [1.807, 2.05) is 23.0 Å². The van der Waals surface area contributed by atoms with Gasteiger partial charge in [-0.2, -0.15) is 0 Å². The second-order valence-electron chi connectivity index (χ2n) is 7.56. The van der Waals surface area contributed by atoms with Gasteiger partial charge in [0.15, 0.2) is 0 Å². The Kier molecular flexibility index (Phi) is 2.93. The Morgan fingerprint density at radius 1 is 1.00 bits per heavy atom. The fourth-order valence-electron chi connectivity index (χ4n) is 4.64. The third kappa shape index (κ3) is 2.09. The minimum atomic E-state index is 0.460. The molecular weight excluding hydrogens is 382 g/mol. The molecule has 1 saturated heterocycles. The largest absolute Gasteiger partial charge is 0.356 e. The third-order valence-corrected chi connectivity index (χ3v) is 7.89. The molecule has 0 N–H and O–H groups in total. The number of pyridine rings is 1. The van der Waals surface area contributed by atoms with Crippen LogP contribution in [0.4, 0.5) is 5.69 Å². The van der Waals surface area contributed by atoms with Crippen molar-refractivity contribution in [3.63, 3.8) is 0 Å². The lowest BCUT2D eigenvalue weighted by Gasteiger charge is -2.10. The van der Waals surface area contributed by atoms with E-state index in [1.54, 1.807) is 11.3 Å². The first kappa shape index (κ1) is 15.2. The normalized spacial score (nSPS) is 19.9. The number of thiophene rings is 1. The van der Waals surface area contributed by atoms with Crippen LogP contribution in [0.2, 0.25) is 0 Å². The maximum absolute atomic E-state index is 4.59. The third-order valence-electron chi connectivity index (χ3n) is 5.98. The summed E-state index contributed by atoms with van der Waals surface area (Å²) in [5, 5.41) is 1.33. The van der Waals surface area contributed by atoms with E-state index < -0.39 is 0 Å². The summed E-state index contributed by atoms with van der Waals surface area (Å²) in [6, 6.07) is 21.2. The van der Waals surface area contributed by atoms with E-state index in [2.05, 4.69) is 69.5 Å². The summed E-state index contributed by atoms with van der Waals surface area (Å²) in [7, 11) is 0. The van der Waals surface area contributed by atoms with E-state index in [0.717, 1.165) is 16.8 Å². The van der Waals surface area contributed by atoms with E-state index in [1.165, 1.54) is 37.3 Å². The average molecular weight is 398 g/mol. The zero-order valence-electron chi connectivity index (χ0n) is 14.9. The maximum Gasteiger partial charge on any atom is 0.143 e. The van der Waals surface area contributed by atoms with Crippen LogP contribution in [0.1, 0.15) is 17.2 Å². The van der Waals surface area contributed by atoms with E-state index in [9.17, 15) is 0 Å². The van der Waals surface area contributed by atoms with Gasteiger partial charge in [0.05, 0.1) is 17.6 Å². The number of nitrogens with zero attached hydrogens (tertiary/aromatic N) is 3. The van der Waals surface area contributed by atoms with E-state index in [4.69, 9.17) is 0 Å². The molecule has 0 saturated carbocycles. The second-order valence-corrected chi connectivity index (χ2v) is 9.48. The smallest absolute Gasteiger partial charge is 0.143 e. The average Bonchev–Trinajstić information content (AvgIpc) is 3.13. The number of rotatable bonds is 2. The van der Waals surface area contributed by atoms with Crippen LogP contribution in [0.5, 0.6) is 0 Å². The molecular formula is C23H15N3S2. The molecule has 0 radical (unpaired) electrons. The van der Waals surface area contributed by atoms with Crippen LogP contribution in [0.15, 0.2) is 66.3 Å². The minimum Gasteiger partial charge on any atom is -0.356 e. The Labute approximate surface area is 169 Å². The lowest BCUT2D eigenvalue weighted by atomic mass is 10.0. The summed E-state index contributed by atoms with van der Waals surface area (Å²) in [6.07, 6.45) is 3.16. The van der Waals surface area contributed by atoms with Crippen LogP contribution in [0.3, 0.4) is 0 Å². The summed E-state index contributed by atoms with van der Waals surface area (Å²) in [4.78, 5) is 13.9. The summed E-state index contributed by atoms with van der Waals surface area (Å²) < 4.78 is 1.36. The van der Waals surface area contributed by atoms with Gasteiger partial charge in [0.25, 0.3) is 0 Å². The molecule has 2 aliphatic rings. The number of benzene rings is 2. The molecule has 1 fully saturated rings.